The van der Waals surface area contributed by atoms with E-state index in [1.165, 1.54) is 19.3 Å². The van der Waals surface area contributed by atoms with Crippen LogP contribution in [0, 0.1) is 0 Å². The number of hydrogen-bond acceptors (Lipinski definition) is 3. The molecule has 0 aromatic carbocycles. The lowest BCUT2D eigenvalue weighted by atomic mass is 10.1. The number of piperidine rings is 1. The van der Waals surface area contributed by atoms with Crippen LogP contribution in [-0.2, 0) is 0 Å². The molecule has 0 saturated carbocycles. The maximum atomic E-state index is 11.8. The number of rotatable bonds is 3. The Morgan fingerprint density at radius 3 is 2.76 bits per heavy atom. The van der Waals surface area contributed by atoms with Gasteiger partial charge in [-0.3, -0.25) is 4.79 Å². The highest BCUT2D eigenvalue weighted by Crippen LogP contribution is 2.10. The fraction of sp³-hybridized carbons (Fsp3) is 0.385. The summed E-state index contributed by atoms with van der Waals surface area (Å²) in [6, 6.07) is 5.36. The molecular weight excluding hydrogens is 280 g/mol. The van der Waals surface area contributed by atoms with E-state index in [4.69, 9.17) is 0 Å². The number of aromatic nitrogens is 1. The lowest BCUT2D eigenvalue weighted by Crippen LogP contribution is -2.24. The summed E-state index contributed by atoms with van der Waals surface area (Å²) in [5, 5.41) is 0. The largest absolute Gasteiger partial charge is 0.377 e. The second-order valence-corrected chi connectivity index (χ2v) is 4.93. The molecule has 90 valence electrons. The molecule has 0 aliphatic carbocycles. The van der Waals surface area contributed by atoms with Crippen molar-refractivity contribution in [3.63, 3.8) is 0 Å². The third-order valence-corrected chi connectivity index (χ3v) is 3.24. The predicted octanol–water partition coefficient (Wildman–Crippen LogP) is 3.03. The van der Waals surface area contributed by atoms with Crippen LogP contribution in [0.5, 0.6) is 0 Å². The van der Waals surface area contributed by atoms with Gasteiger partial charge in [-0.25, -0.2) is 4.98 Å². The van der Waals surface area contributed by atoms with Gasteiger partial charge in [0.25, 0.3) is 0 Å². The van der Waals surface area contributed by atoms with Gasteiger partial charge in [-0.15, -0.1) is 0 Å². The van der Waals surface area contributed by atoms with Gasteiger partial charge < -0.3 is 4.90 Å². The minimum absolute atomic E-state index is 0.0446. The zero-order valence-corrected chi connectivity index (χ0v) is 11.2. The molecule has 2 rings (SSSR count). The van der Waals surface area contributed by atoms with E-state index in [-0.39, 0.29) is 5.78 Å². The molecule has 1 aliphatic heterocycles. The maximum absolute atomic E-state index is 11.8. The summed E-state index contributed by atoms with van der Waals surface area (Å²) in [5.74, 6) is -0.0446. The summed E-state index contributed by atoms with van der Waals surface area (Å²) in [6.45, 7) is 2.10. The van der Waals surface area contributed by atoms with Gasteiger partial charge in [0.05, 0.1) is 0 Å². The molecule has 3 nitrogen and oxygen atoms in total. The van der Waals surface area contributed by atoms with Gasteiger partial charge in [0.1, 0.15) is 10.3 Å². The van der Waals surface area contributed by atoms with E-state index in [1.807, 2.05) is 18.3 Å². The first kappa shape index (κ1) is 12.3. The number of likely N-dealkylation sites (tertiary alicyclic amines) is 1. The van der Waals surface area contributed by atoms with E-state index >= 15 is 0 Å². The smallest absolute Gasteiger partial charge is 0.205 e. The lowest BCUT2D eigenvalue weighted by molar-refractivity contribution is 0.104. The summed E-state index contributed by atoms with van der Waals surface area (Å²) in [7, 11) is 0. The average molecular weight is 295 g/mol. The molecule has 0 N–H and O–H groups in total. The van der Waals surface area contributed by atoms with Crippen LogP contribution >= 0.6 is 15.9 Å². The summed E-state index contributed by atoms with van der Waals surface area (Å²) in [4.78, 5) is 18.2. The molecule has 0 unspecified atom stereocenters. The third-order valence-electron chi connectivity index (χ3n) is 2.79. The number of nitrogens with zero attached hydrogens (tertiary/aromatic N) is 2. The Hall–Kier alpha value is -1.16. The van der Waals surface area contributed by atoms with E-state index < -0.39 is 0 Å². The Balaban J connectivity index is 1.98. The summed E-state index contributed by atoms with van der Waals surface area (Å²) in [6.07, 6.45) is 7.23. The normalized spacial score (nSPS) is 16.4. The van der Waals surface area contributed by atoms with Crippen molar-refractivity contribution in [1.29, 1.82) is 0 Å². The Morgan fingerprint density at radius 1 is 1.29 bits per heavy atom. The Labute approximate surface area is 110 Å². The van der Waals surface area contributed by atoms with E-state index in [0.29, 0.717) is 10.3 Å². The zero-order chi connectivity index (χ0) is 12.1. The molecule has 1 aromatic heterocycles. The van der Waals surface area contributed by atoms with Crippen molar-refractivity contribution in [2.75, 3.05) is 13.1 Å². The first-order valence-electron chi connectivity index (χ1n) is 5.85. The molecule has 1 saturated heterocycles. The minimum atomic E-state index is -0.0446. The van der Waals surface area contributed by atoms with Crippen LogP contribution in [0.4, 0.5) is 0 Å². The van der Waals surface area contributed by atoms with Gasteiger partial charge in [0.15, 0.2) is 0 Å². The van der Waals surface area contributed by atoms with Crippen LogP contribution in [0.15, 0.2) is 35.1 Å². The number of hydrogen-bond donors (Lipinski definition) is 0. The molecule has 17 heavy (non-hydrogen) atoms. The number of carbonyl (C=O) groups excluding carboxylic acids is 1. The molecule has 1 aliphatic rings. The third kappa shape index (κ3) is 3.66. The molecular formula is C13H15BrN2O. The lowest BCUT2D eigenvalue weighted by Gasteiger charge is -2.24. The zero-order valence-electron chi connectivity index (χ0n) is 9.60. The van der Waals surface area contributed by atoms with Gasteiger partial charge in [-0.2, -0.15) is 0 Å². The van der Waals surface area contributed by atoms with Crippen molar-refractivity contribution in [2.24, 2.45) is 0 Å². The number of ketones is 1. The van der Waals surface area contributed by atoms with Gasteiger partial charge in [-0.05, 0) is 47.3 Å². The first-order valence-corrected chi connectivity index (χ1v) is 6.64. The molecule has 4 heteroatoms. The van der Waals surface area contributed by atoms with Gasteiger partial charge in [0, 0.05) is 25.4 Å². The molecule has 0 radical (unpaired) electrons. The fourth-order valence-corrected chi connectivity index (χ4v) is 2.22. The number of pyridine rings is 1. The van der Waals surface area contributed by atoms with Gasteiger partial charge in [0.2, 0.25) is 5.78 Å². The van der Waals surface area contributed by atoms with Crippen molar-refractivity contribution >= 4 is 21.7 Å². The minimum Gasteiger partial charge on any atom is -0.377 e. The number of carbonyl (C=O) groups is 1. The summed E-state index contributed by atoms with van der Waals surface area (Å²) in [5.41, 5.74) is 0.479. The van der Waals surface area contributed by atoms with Crippen molar-refractivity contribution in [1.82, 2.24) is 9.88 Å². The second kappa shape index (κ2) is 5.96. The highest BCUT2D eigenvalue weighted by Gasteiger charge is 2.07. The van der Waals surface area contributed by atoms with Crippen molar-refractivity contribution < 1.29 is 4.79 Å². The van der Waals surface area contributed by atoms with Crippen molar-refractivity contribution in [3.05, 3.63) is 40.8 Å². The summed E-state index contributed by atoms with van der Waals surface area (Å²) < 4.78 is 0.690. The molecule has 0 atom stereocenters. The highest BCUT2D eigenvalue weighted by atomic mass is 79.9. The number of allylic oxidation sites excluding steroid dienone is 1. The number of halogens is 1. The SMILES string of the molecule is O=C(C=CN1CCCCC1)c1cccc(Br)n1. The highest BCUT2D eigenvalue weighted by molar-refractivity contribution is 9.10. The Kier molecular flexibility index (Phi) is 4.31. The van der Waals surface area contributed by atoms with E-state index in [2.05, 4.69) is 25.8 Å². The summed E-state index contributed by atoms with van der Waals surface area (Å²) >= 11 is 3.26. The predicted molar refractivity (Wildman–Crippen MR) is 70.8 cm³/mol. The second-order valence-electron chi connectivity index (χ2n) is 4.12. The van der Waals surface area contributed by atoms with Crippen LogP contribution < -0.4 is 0 Å². The maximum Gasteiger partial charge on any atom is 0.205 e. The first-order chi connectivity index (χ1) is 8.25. The van der Waals surface area contributed by atoms with Gasteiger partial charge in [-0.1, -0.05) is 6.07 Å². The molecule has 0 bridgehead atoms. The average Bonchev–Trinajstić information content (AvgIpc) is 2.37. The van der Waals surface area contributed by atoms with Crippen LogP contribution in [0.3, 0.4) is 0 Å². The Bertz CT molecular complexity index is 425. The Morgan fingerprint density at radius 2 is 2.06 bits per heavy atom. The molecule has 2 heterocycles. The topological polar surface area (TPSA) is 33.2 Å². The quantitative estimate of drug-likeness (QED) is 0.488. The van der Waals surface area contributed by atoms with Crippen LogP contribution in [0.1, 0.15) is 29.8 Å². The van der Waals surface area contributed by atoms with Crippen LogP contribution in [0.25, 0.3) is 0 Å². The molecule has 0 amide bonds. The van der Waals surface area contributed by atoms with Crippen LogP contribution in [0.2, 0.25) is 0 Å². The van der Waals surface area contributed by atoms with E-state index in [9.17, 15) is 4.79 Å². The van der Waals surface area contributed by atoms with Crippen molar-refractivity contribution in [2.45, 2.75) is 19.3 Å². The fourth-order valence-electron chi connectivity index (χ4n) is 1.87. The van der Waals surface area contributed by atoms with Crippen molar-refractivity contribution in [3.8, 4) is 0 Å². The molecule has 0 spiro atoms. The molecule has 1 fully saturated rings. The molecule has 1 aromatic rings. The van der Waals surface area contributed by atoms with Gasteiger partial charge >= 0.3 is 0 Å². The van der Waals surface area contributed by atoms with E-state index in [0.717, 1.165) is 13.1 Å². The van der Waals surface area contributed by atoms with Crippen LogP contribution in [-0.4, -0.2) is 28.8 Å². The monoisotopic (exact) mass is 294 g/mol. The van der Waals surface area contributed by atoms with E-state index in [1.54, 1.807) is 12.1 Å². The standard InChI is InChI=1S/C13H15BrN2O/c14-13-6-4-5-11(15-13)12(17)7-10-16-8-2-1-3-9-16/h4-7,10H,1-3,8-9H2.